The summed E-state index contributed by atoms with van der Waals surface area (Å²) in [4.78, 5) is 4.72. The molecule has 1 aliphatic rings. The van der Waals surface area contributed by atoms with Gasteiger partial charge in [-0.25, -0.2) is 4.98 Å². The minimum absolute atomic E-state index is 0.162. The molecule has 0 atom stereocenters. The zero-order chi connectivity index (χ0) is 13.9. The monoisotopic (exact) mass is 282 g/mol. The fourth-order valence-corrected chi connectivity index (χ4v) is 3.17. The number of thiazole rings is 1. The van der Waals surface area contributed by atoms with Crippen LogP contribution >= 0.6 is 11.3 Å². The molecule has 0 amide bonds. The first-order chi connectivity index (χ1) is 8.89. The Morgan fingerprint density at radius 2 is 2.05 bits per heavy atom. The summed E-state index contributed by atoms with van der Waals surface area (Å²) in [5, 5.41) is 6.97. The molecule has 108 valence electrons. The summed E-state index contributed by atoms with van der Waals surface area (Å²) < 4.78 is 5.43. The number of nitrogens with zero attached hydrogens (tertiary/aromatic N) is 1. The number of nitrogens with one attached hydrogen (secondary N) is 1. The van der Waals surface area contributed by atoms with E-state index in [1.165, 1.54) is 10.7 Å². The van der Waals surface area contributed by atoms with Gasteiger partial charge in [0.2, 0.25) is 0 Å². The van der Waals surface area contributed by atoms with Gasteiger partial charge >= 0.3 is 0 Å². The molecule has 1 aromatic heterocycles. The van der Waals surface area contributed by atoms with E-state index in [4.69, 9.17) is 9.72 Å². The van der Waals surface area contributed by atoms with Gasteiger partial charge in [0.15, 0.2) is 0 Å². The highest BCUT2D eigenvalue weighted by molar-refractivity contribution is 7.09. The van der Waals surface area contributed by atoms with E-state index < -0.39 is 0 Å². The fourth-order valence-electron chi connectivity index (χ4n) is 2.27. The molecule has 3 nitrogen and oxygen atoms in total. The number of hydrogen-bond acceptors (Lipinski definition) is 4. The summed E-state index contributed by atoms with van der Waals surface area (Å²) in [6.07, 6.45) is 2.31. The highest BCUT2D eigenvalue weighted by atomic mass is 32.1. The number of hydrogen-bond donors (Lipinski definition) is 1. The van der Waals surface area contributed by atoms with Crippen molar-refractivity contribution in [2.24, 2.45) is 5.41 Å². The normalized spacial score (nSPS) is 19.6. The minimum Gasteiger partial charge on any atom is -0.381 e. The third kappa shape index (κ3) is 4.26. The highest BCUT2D eigenvalue weighted by Crippen LogP contribution is 2.29. The van der Waals surface area contributed by atoms with Crippen molar-refractivity contribution in [3.05, 3.63) is 16.1 Å². The molecule has 1 fully saturated rings. The van der Waals surface area contributed by atoms with Crippen LogP contribution in [0.3, 0.4) is 0 Å². The van der Waals surface area contributed by atoms with E-state index in [0.717, 1.165) is 39.1 Å². The average molecular weight is 282 g/mol. The van der Waals surface area contributed by atoms with Gasteiger partial charge in [-0.2, -0.15) is 0 Å². The number of rotatable bonds is 4. The number of aromatic nitrogens is 1. The Bertz CT molecular complexity index is 403. The summed E-state index contributed by atoms with van der Waals surface area (Å²) in [5.41, 5.74) is 1.72. The lowest BCUT2D eigenvalue weighted by Crippen LogP contribution is -2.36. The molecule has 1 N–H and O–H groups in total. The molecule has 1 saturated heterocycles. The van der Waals surface area contributed by atoms with Crippen LogP contribution in [0.5, 0.6) is 0 Å². The predicted molar refractivity (Wildman–Crippen MR) is 80.7 cm³/mol. The molecule has 1 aromatic rings. The molecule has 0 bridgehead atoms. The lowest BCUT2D eigenvalue weighted by atomic mass is 9.82. The van der Waals surface area contributed by atoms with Crippen LogP contribution in [0.2, 0.25) is 0 Å². The van der Waals surface area contributed by atoms with Gasteiger partial charge in [0, 0.05) is 37.1 Å². The SMILES string of the molecule is CC1(CNCc2csc(C(C)(C)C)n2)CCOCC1. The standard InChI is InChI=1S/C15H26N2OS/c1-14(2,3)13-17-12(10-19-13)9-16-11-15(4)5-7-18-8-6-15/h10,16H,5-9,11H2,1-4H3. The van der Waals surface area contributed by atoms with Crippen molar-refractivity contribution >= 4 is 11.3 Å². The van der Waals surface area contributed by atoms with Crippen molar-refractivity contribution < 1.29 is 4.74 Å². The van der Waals surface area contributed by atoms with Gasteiger partial charge in [-0.15, -0.1) is 11.3 Å². The second-order valence-electron chi connectivity index (χ2n) is 6.92. The summed E-state index contributed by atoms with van der Waals surface area (Å²) in [6, 6.07) is 0. The molecule has 0 spiro atoms. The Kier molecular flexibility index (Phi) is 4.64. The molecule has 0 radical (unpaired) electrons. The van der Waals surface area contributed by atoms with Crippen LogP contribution in [0.1, 0.15) is 51.2 Å². The molecule has 19 heavy (non-hydrogen) atoms. The predicted octanol–water partition coefficient (Wildman–Crippen LogP) is 3.35. The quantitative estimate of drug-likeness (QED) is 0.919. The summed E-state index contributed by atoms with van der Waals surface area (Å²) in [5.74, 6) is 0. The molecule has 1 aliphatic heterocycles. The topological polar surface area (TPSA) is 34.2 Å². The van der Waals surface area contributed by atoms with E-state index >= 15 is 0 Å². The third-order valence-electron chi connectivity index (χ3n) is 3.75. The summed E-state index contributed by atoms with van der Waals surface area (Å²) >= 11 is 1.77. The third-order valence-corrected chi connectivity index (χ3v) is 5.07. The largest absolute Gasteiger partial charge is 0.381 e. The van der Waals surface area contributed by atoms with Crippen molar-refractivity contribution in [2.75, 3.05) is 19.8 Å². The van der Waals surface area contributed by atoms with Crippen molar-refractivity contribution in [3.8, 4) is 0 Å². The smallest absolute Gasteiger partial charge is 0.0982 e. The van der Waals surface area contributed by atoms with Gasteiger partial charge < -0.3 is 10.1 Å². The van der Waals surface area contributed by atoms with E-state index in [2.05, 4.69) is 38.4 Å². The Morgan fingerprint density at radius 3 is 2.63 bits per heavy atom. The zero-order valence-corrected chi connectivity index (χ0v) is 13.4. The highest BCUT2D eigenvalue weighted by Gasteiger charge is 2.26. The second-order valence-corrected chi connectivity index (χ2v) is 7.78. The number of ether oxygens (including phenoxy) is 1. The first kappa shape index (κ1) is 14.9. The van der Waals surface area contributed by atoms with Crippen molar-refractivity contribution in [3.63, 3.8) is 0 Å². The van der Waals surface area contributed by atoms with Gasteiger partial charge in [-0.1, -0.05) is 27.7 Å². The maximum atomic E-state index is 5.43. The van der Waals surface area contributed by atoms with E-state index in [1.807, 2.05) is 0 Å². The van der Waals surface area contributed by atoms with Crippen LogP contribution < -0.4 is 5.32 Å². The van der Waals surface area contributed by atoms with Crippen LogP contribution in [0, 0.1) is 5.41 Å². The summed E-state index contributed by atoms with van der Waals surface area (Å²) in [6.45, 7) is 12.7. The Balaban J connectivity index is 1.81. The molecule has 0 aromatic carbocycles. The van der Waals surface area contributed by atoms with Gasteiger partial charge in [-0.05, 0) is 18.3 Å². The minimum atomic E-state index is 0.162. The molecule has 4 heteroatoms. The maximum absolute atomic E-state index is 5.43. The average Bonchev–Trinajstić information content (AvgIpc) is 2.78. The molecule has 0 aliphatic carbocycles. The van der Waals surface area contributed by atoms with Gasteiger partial charge in [0.25, 0.3) is 0 Å². The van der Waals surface area contributed by atoms with E-state index in [1.54, 1.807) is 11.3 Å². The maximum Gasteiger partial charge on any atom is 0.0982 e. The van der Waals surface area contributed by atoms with E-state index in [-0.39, 0.29) is 5.41 Å². The van der Waals surface area contributed by atoms with Gasteiger partial charge in [0.05, 0.1) is 10.7 Å². The summed E-state index contributed by atoms with van der Waals surface area (Å²) in [7, 11) is 0. The molecular weight excluding hydrogens is 256 g/mol. The lowest BCUT2D eigenvalue weighted by molar-refractivity contribution is 0.0240. The van der Waals surface area contributed by atoms with Crippen LogP contribution in [-0.4, -0.2) is 24.7 Å². The molecule has 0 unspecified atom stereocenters. The zero-order valence-electron chi connectivity index (χ0n) is 12.6. The molecule has 0 saturated carbocycles. The van der Waals surface area contributed by atoms with Crippen LogP contribution in [0.15, 0.2) is 5.38 Å². The first-order valence-corrected chi connectivity index (χ1v) is 8.00. The van der Waals surface area contributed by atoms with E-state index in [0.29, 0.717) is 5.41 Å². The van der Waals surface area contributed by atoms with Crippen molar-refractivity contribution in [1.82, 2.24) is 10.3 Å². The van der Waals surface area contributed by atoms with E-state index in [9.17, 15) is 0 Å². The molecular formula is C15H26N2OS. The fraction of sp³-hybridized carbons (Fsp3) is 0.800. The lowest BCUT2D eigenvalue weighted by Gasteiger charge is -2.33. The van der Waals surface area contributed by atoms with Crippen molar-refractivity contribution in [2.45, 2.75) is 52.5 Å². The van der Waals surface area contributed by atoms with Gasteiger partial charge in [0.1, 0.15) is 0 Å². The molecule has 2 rings (SSSR count). The Morgan fingerprint density at radius 1 is 1.37 bits per heavy atom. The van der Waals surface area contributed by atoms with Crippen LogP contribution in [0.4, 0.5) is 0 Å². The van der Waals surface area contributed by atoms with Crippen LogP contribution in [0.25, 0.3) is 0 Å². The Hall–Kier alpha value is -0.450. The molecule has 2 heterocycles. The van der Waals surface area contributed by atoms with Crippen LogP contribution in [-0.2, 0) is 16.7 Å². The van der Waals surface area contributed by atoms with Gasteiger partial charge in [-0.3, -0.25) is 0 Å². The first-order valence-electron chi connectivity index (χ1n) is 7.12. The Labute approximate surface area is 120 Å². The second kappa shape index (κ2) is 5.90. The van der Waals surface area contributed by atoms with Crippen molar-refractivity contribution in [1.29, 1.82) is 0 Å².